The Hall–Kier alpha value is -2.61. The van der Waals surface area contributed by atoms with Crippen molar-refractivity contribution in [3.8, 4) is 11.5 Å². The van der Waals surface area contributed by atoms with Crippen LogP contribution >= 0.6 is 34.5 Å². The zero-order valence-corrected chi connectivity index (χ0v) is 17.9. The van der Waals surface area contributed by atoms with Gasteiger partial charge in [-0.3, -0.25) is 4.79 Å². The first kappa shape index (κ1) is 21.1. The normalized spacial score (nSPS) is 11.2. The molecule has 9 heteroatoms. The van der Waals surface area contributed by atoms with Crippen LogP contribution in [0.5, 0.6) is 11.5 Å². The van der Waals surface area contributed by atoms with Crippen molar-refractivity contribution in [2.45, 2.75) is 6.54 Å². The predicted octanol–water partition coefficient (Wildman–Crippen LogP) is 4.88. The molecule has 0 aliphatic rings. The van der Waals surface area contributed by atoms with Gasteiger partial charge in [-0.25, -0.2) is 0 Å². The Balaban J connectivity index is 1.74. The van der Waals surface area contributed by atoms with Gasteiger partial charge in [0, 0.05) is 6.54 Å². The molecule has 150 valence electrons. The molecule has 1 N–H and O–H groups in total. The number of rotatable bonds is 7. The van der Waals surface area contributed by atoms with Gasteiger partial charge in [-0.2, -0.15) is 0 Å². The van der Waals surface area contributed by atoms with Crippen LogP contribution in [0, 0.1) is 0 Å². The van der Waals surface area contributed by atoms with Crippen LogP contribution in [0.2, 0.25) is 5.02 Å². The lowest BCUT2D eigenvalue weighted by molar-refractivity contribution is 0.0950. The second-order valence-corrected chi connectivity index (χ2v) is 7.60. The summed E-state index contributed by atoms with van der Waals surface area (Å²) in [4.78, 5) is 12.3. The molecule has 1 amide bonds. The zero-order chi connectivity index (χ0) is 20.8. The van der Waals surface area contributed by atoms with E-state index in [4.69, 9.17) is 32.7 Å². The molecule has 29 heavy (non-hydrogen) atoms. The van der Waals surface area contributed by atoms with Gasteiger partial charge in [-0.15, -0.1) is 10.2 Å². The summed E-state index contributed by atoms with van der Waals surface area (Å²) in [5.74, 6) is 0.612. The van der Waals surface area contributed by atoms with E-state index in [-0.39, 0.29) is 10.9 Å². The molecular formula is C20H17Cl2N3O3S. The number of aromatic nitrogens is 2. The molecule has 0 bridgehead atoms. The van der Waals surface area contributed by atoms with E-state index in [2.05, 4.69) is 15.5 Å². The highest BCUT2D eigenvalue weighted by Crippen LogP contribution is 2.37. The fourth-order valence-corrected chi connectivity index (χ4v) is 3.74. The van der Waals surface area contributed by atoms with Crippen molar-refractivity contribution >= 4 is 51.6 Å². The van der Waals surface area contributed by atoms with E-state index in [9.17, 15) is 4.79 Å². The van der Waals surface area contributed by atoms with Crippen LogP contribution < -0.4 is 14.8 Å². The van der Waals surface area contributed by atoms with Gasteiger partial charge in [0.05, 0.1) is 24.3 Å². The van der Waals surface area contributed by atoms with E-state index in [1.54, 1.807) is 18.2 Å². The standard InChI is InChI=1S/C20H17Cl2N3O3S/c1-27-16-10-13(8-14(21)17(16)28-2)9-15(22)19-24-25-20(29-19)18(26)23-11-12-6-4-3-5-7-12/h3-10H,11H2,1-2H3,(H,23,26)/b15-9-. The SMILES string of the molecule is COc1cc(/C=C(\Cl)c2nnc(C(=O)NCc3ccccc3)s2)cc(Cl)c1OC. The Morgan fingerprint density at radius 1 is 1.14 bits per heavy atom. The van der Waals surface area contributed by atoms with E-state index in [0.29, 0.717) is 38.7 Å². The number of hydrogen-bond acceptors (Lipinski definition) is 6. The summed E-state index contributed by atoms with van der Waals surface area (Å²) in [5, 5.41) is 12.1. The molecule has 0 spiro atoms. The van der Waals surface area contributed by atoms with Gasteiger partial charge in [0.15, 0.2) is 16.5 Å². The van der Waals surface area contributed by atoms with Crippen LogP contribution in [0.4, 0.5) is 0 Å². The number of amides is 1. The Labute approximate surface area is 182 Å². The summed E-state index contributed by atoms with van der Waals surface area (Å²) in [6, 6.07) is 13.0. The van der Waals surface area contributed by atoms with Gasteiger partial charge in [0.2, 0.25) is 5.01 Å². The Kier molecular flexibility index (Phi) is 7.09. The molecule has 0 unspecified atom stereocenters. The van der Waals surface area contributed by atoms with Crippen molar-refractivity contribution in [2.24, 2.45) is 0 Å². The monoisotopic (exact) mass is 449 g/mol. The number of carbonyl (C=O) groups excluding carboxylic acids is 1. The molecule has 3 rings (SSSR count). The first-order chi connectivity index (χ1) is 14.0. The van der Waals surface area contributed by atoms with E-state index < -0.39 is 0 Å². The van der Waals surface area contributed by atoms with Gasteiger partial charge in [-0.05, 0) is 29.3 Å². The quantitative estimate of drug-likeness (QED) is 0.556. The van der Waals surface area contributed by atoms with Crippen molar-refractivity contribution in [3.63, 3.8) is 0 Å². The molecule has 0 saturated carbocycles. The van der Waals surface area contributed by atoms with E-state index >= 15 is 0 Å². The molecule has 0 fully saturated rings. The third-order valence-electron chi connectivity index (χ3n) is 3.87. The van der Waals surface area contributed by atoms with Gasteiger partial charge < -0.3 is 14.8 Å². The summed E-state index contributed by atoms with van der Waals surface area (Å²) >= 11 is 13.7. The Bertz CT molecular complexity index is 1040. The number of nitrogens with one attached hydrogen (secondary N) is 1. The largest absolute Gasteiger partial charge is 0.493 e. The maximum atomic E-state index is 12.3. The van der Waals surface area contributed by atoms with Gasteiger partial charge in [-0.1, -0.05) is 64.9 Å². The minimum atomic E-state index is -0.309. The molecule has 0 aliphatic heterocycles. The fraction of sp³-hybridized carbons (Fsp3) is 0.150. The van der Waals surface area contributed by atoms with Gasteiger partial charge >= 0.3 is 0 Å². The summed E-state index contributed by atoms with van der Waals surface area (Å²) in [5.41, 5.74) is 1.69. The lowest BCUT2D eigenvalue weighted by Crippen LogP contribution is -2.22. The Morgan fingerprint density at radius 3 is 2.55 bits per heavy atom. The van der Waals surface area contributed by atoms with Crippen LogP contribution in [0.3, 0.4) is 0 Å². The Morgan fingerprint density at radius 2 is 1.86 bits per heavy atom. The minimum absolute atomic E-state index is 0.229. The highest BCUT2D eigenvalue weighted by Gasteiger charge is 2.15. The second kappa shape index (κ2) is 9.73. The smallest absolute Gasteiger partial charge is 0.282 e. The maximum absolute atomic E-state index is 12.3. The average molecular weight is 450 g/mol. The van der Waals surface area contributed by atoms with Crippen molar-refractivity contribution in [1.29, 1.82) is 0 Å². The number of ether oxygens (including phenoxy) is 2. The van der Waals surface area contributed by atoms with E-state index in [1.807, 2.05) is 30.3 Å². The summed E-state index contributed by atoms with van der Waals surface area (Å²) in [6.07, 6.45) is 1.67. The summed E-state index contributed by atoms with van der Waals surface area (Å²) in [7, 11) is 3.03. The first-order valence-corrected chi connectivity index (χ1v) is 10.0. The summed E-state index contributed by atoms with van der Waals surface area (Å²) < 4.78 is 10.5. The molecule has 0 radical (unpaired) electrons. The highest BCUT2D eigenvalue weighted by molar-refractivity contribution is 7.15. The molecule has 0 saturated heterocycles. The van der Waals surface area contributed by atoms with Crippen molar-refractivity contribution in [2.75, 3.05) is 14.2 Å². The number of benzene rings is 2. The van der Waals surface area contributed by atoms with Gasteiger partial charge in [0.25, 0.3) is 5.91 Å². The second-order valence-electron chi connectivity index (χ2n) is 5.81. The fourth-order valence-electron chi connectivity index (χ4n) is 2.49. The van der Waals surface area contributed by atoms with E-state index in [0.717, 1.165) is 16.9 Å². The molecule has 3 aromatic rings. The van der Waals surface area contributed by atoms with Crippen LogP contribution in [-0.2, 0) is 6.54 Å². The molecule has 1 heterocycles. The molecular weight excluding hydrogens is 433 g/mol. The highest BCUT2D eigenvalue weighted by atomic mass is 35.5. The van der Waals surface area contributed by atoms with Crippen LogP contribution in [-0.4, -0.2) is 30.3 Å². The molecule has 2 aromatic carbocycles. The number of halogens is 2. The number of hydrogen-bond donors (Lipinski definition) is 1. The zero-order valence-electron chi connectivity index (χ0n) is 15.6. The third-order valence-corrected chi connectivity index (χ3v) is 5.50. The number of methoxy groups -OCH3 is 2. The molecule has 0 atom stereocenters. The molecule has 1 aromatic heterocycles. The molecule has 6 nitrogen and oxygen atoms in total. The molecule has 0 aliphatic carbocycles. The van der Waals surface area contributed by atoms with Crippen molar-refractivity contribution < 1.29 is 14.3 Å². The number of carbonyl (C=O) groups is 1. The topological polar surface area (TPSA) is 73.3 Å². The first-order valence-electron chi connectivity index (χ1n) is 8.46. The van der Waals surface area contributed by atoms with Gasteiger partial charge in [0.1, 0.15) is 0 Å². The third kappa shape index (κ3) is 5.26. The van der Waals surface area contributed by atoms with E-state index in [1.165, 1.54) is 14.2 Å². The summed E-state index contributed by atoms with van der Waals surface area (Å²) in [6.45, 7) is 0.405. The minimum Gasteiger partial charge on any atom is -0.493 e. The van der Waals surface area contributed by atoms with Crippen LogP contribution in [0.1, 0.15) is 25.9 Å². The average Bonchev–Trinajstić information content (AvgIpc) is 3.23. The van der Waals surface area contributed by atoms with Crippen molar-refractivity contribution in [1.82, 2.24) is 15.5 Å². The van der Waals surface area contributed by atoms with Crippen LogP contribution in [0.15, 0.2) is 42.5 Å². The lowest BCUT2D eigenvalue weighted by Gasteiger charge is -2.10. The lowest BCUT2D eigenvalue weighted by atomic mass is 10.2. The maximum Gasteiger partial charge on any atom is 0.282 e. The predicted molar refractivity (Wildman–Crippen MR) is 116 cm³/mol. The van der Waals surface area contributed by atoms with Crippen LogP contribution in [0.25, 0.3) is 11.1 Å². The number of nitrogens with zero attached hydrogens (tertiary/aromatic N) is 2. The van der Waals surface area contributed by atoms with Crippen molar-refractivity contribution in [3.05, 3.63) is 68.6 Å².